The van der Waals surface area contributed by atoms with E-state index in [0.29, 0.717) is 12.0 Å². The van der Waals surface area contributed by atoms with Gasteiger partial charge in [-0.1, -0.05) is 74.5 Å². The van der Waals surface area contributed by atoms with Gasteiger partial charge in [0.05, 0.1) is 5.75 Å². The molecule has 0 bridgehead atoms. The van der Waals surface area contributed by atoms with E-state index in [1.165, 1.54) is 4.31 Å². The normalized spacial score (nSPS) is 16.0. The molecule has 0 aliphatic carbocycles. The van der Waals surface area contributed by atoms with Crippen LogP contribution in [0.4, 0.5) is 0 Å². The van der Waals surface area contributed by atoms with Gasteiger partial charge >= 0.3 is 0 Å². The van der Waals surface area contributed by atoms with Crippen molar-refractivity contribution in [3.05, 3.63) is 71.8 Å². The predicted molar refractivity (Wildman–Crippen MR) is 124 cm³/mol. The topological polar surface area (TPSA) is 86.8 Å². The molecular weight excluding hydrogens is 426 g/mol. The SMILES string of the molecule is CC(C)CC(=O)NC(C(=O)N1CCN(S(=O)(=O)Cc2ccccc2)CC1)c1ccccc1. The molecule has 1 unspecified atom stereocenters. The molecule has 0 radical (unpaired) electrons. The Balaban J connectivity index is 1.66. The maximum Gasteiger partial charge on any atom is 0.249 e. The number of benzene rings is 2. The zero-order chi connectivity index (χ0) is 23.1. The zero-order valence-electron chi connectivity index (χ0n) is 18.6. The minimum atomic E-state index is -3.46. The standard InChI is InChI=1S/C24H31N3O4S/c1-19(2)17-22(28)25-23(21-11-7-4-8-12-21)24(29)26-13-15-27(16-14-26)32(30,31)18-20-9-5-3-6-10-20/h3-12,19,23H,13-18H2,1-2H3,(H,25,28). The van der Waals surface area contributed by atoms with Gasteiger partial charge < -0.3 is 10.2 Å². The van der Waals surface area contributed by atoms with E-state index in [9.17, 15) is 18.0 Å². The molecule has 1 aliphatic rings. The molecule has 0 aromatic heterocycles. The molecule has 0 saturated carbocycles. The van der Waals surface area contributed by atoms with E-state index < -0.39 is 16.1 Å². The van der Waals surface area contributed by atoms with Crippen molar-refractivity contribution in [3.8, 4) is 0 Å². The molecule has 172 valence electrons. The molecule has 1 N–H and O–H groups in total. The van der Waals surface area contributed by atoms with Crippen LogP contribution < -0.4 is 5.32 Å². The summed E-state index contributed by atoms with van der Waals surface area (Å²) in [5.74, 6) is -0.265. The number of sulfonamides is 1. The highest BCUT2D eigenvalue weighted by Gasteiger charge is 2.33. The van der Waals surface area contributed by atoms with Gasteiger partial charge in [-0.05, 0) is 17.0 Å². The Morgan fingerprint density at radius 3 is 2.03 bits per heavy atom. The maximum atomic E-state index is 13.3. The molecule has 2 aromatic rings. The molecule has 1 heterocycles. The van der Waals surface area contributed by atoms with Crippen LogP contribution in [-0.4, -0.2) is 55.6 Å². The van der Waals surface area contributed by atoms with Gasteiger partial charge in [0.2, 0.25) is 21.8 Å². The Kier molecular flexibility index (Phi) is 8.04. The Bertz CT molecular complexity index is 1000. The van der Waals surface area contributed by atoms with Crippen LogP contribution in [0.1, 0.15) is 37.4 Å². The Hall–Kier alpha value is -2.71. The second kappa shape index (κ2) is 10.7. The van der Waals surface area contributed by atoms with Crippen LogP contribution in [0.2, 0.25) is 0 Å². The van der Waals surface area contributed by atoms with E-state index in [1.54, 1.807) is 17.0 Å². The second-order valence-electron chi connectivity index (χ2n) is 8.48. The van der Waals surface area contributed by atoms with E-state index in [2.05, 4.69) is 5.32 Å². The third-order valence-electron chi connectivity index (χ3n) is 5.41. The van der Waals surface area contributed by atoms with Gasteiger partial charge in [0.25, 0.3) is 0 Å². The minimum Gasteiger partial charge on any atom is -0.341 e. The first-order chi connectivity index (χ1) is 15.3. The molecule has 3 rings (SSSR count). The van der Waals surface area contributed by atoms with Crippen LogP contribution in [0.25, 0.3) is 0 Å². The van der Waals surface area contributed by atoms with Crippen LogP contribution in [-0.2, 0) is 25.4 Å². The zero-order valence-corrected chi connectivity index (χ0v) is 19.4. The van der Waals surface area contributed by atoms with Gasteiger partial charge in [-0.3, -0.25) is 9.59 Å². The molecule has 0 spiro atoms. The number of amides is 2. The van der Waals surface area contributed by atoms with E-state index >= 15 is 0 Å². The molecule has 1 fully saturated rings. The molecule has 32 heavy (non-hydrogen) atoms. The molecule has 1 atom stereocenters. The minimum absolute atomic E-state index is 0.0559. The fourth-order valence-corrected chi connectivity index (χ4v) is 5.29. The number of rotatable bonds is 8. The van der Waals surface area contributed by atoms with Crippen LogP contribution in [0.3, 0.4) is 0 Å². The van der Waals surface area contributed by atoms with Gasteiger partial charge in [-0.25, -0.2) is 8.42 Å². The first-order valence-electron chi connectivity index (χ1n) is 10.9. The molecular formula is C24H31N3O4S. The van der Waals surface area contributed by atoms with Crippen molar-refractivity contribution in [3.63, 3.8) is 0 Å². The predicted octanol–water partition coefficient (Wildman–Crippen LogP) is 2.56. The number of piperazine rings is 1. The van der Waals surface area contributed by atoms with Gasteiger partial charge in [0.15, 0.2) is 0 Å². The van der Waals surface area contributed by atoms with Crippen molar-refractivity contribution in [1.82, 2.24) is 14.5 Å². The van der Waals surface area contributed by atoms with Crippen molar-refractivity contribution >= 4 is 21.8 Å². The van der Waals surface area contributed by atoms with E-state index in [4.69, 9.17) is 0 Å². The number of carbonyl (C=O) groups excluding carboxylic acids is 2. The summed E-state index contributed by atoms with van der Waals surface area (Å²) in [7, 11) is -3.46. The Morgan fingerprint density at radius 2 is 1.47 bits per heavy atom. The van der Waals surface area contributed by atoms with Crippen molar-refractivity contribution in [2.24, 2.45) is 5.92 Å². The van der Waals surface area contributed by atoms with Crippen LogP contribution in [0, 0.1) is 5.92 Å². The van der Waals surface area contributed by atoms with Crippen molar-refractivity contribution in [2.45, 2.75) is 32.1 Å². The van der Waals surface area contributed by atoms with Gasteiger partial charge in [-0.2, -0.15) is 4.31 Å². The summed E-state index contributed by atoms with van der Waals surface area (Å²) in [6, 6.07) is 17.4. The van der Waals surface area contributed by atoms with Gasteiger partial charge in [0, 0.05) is 32.6 Å². The fourth-order valence-electron chi connectivity index (χ4n) is 3.77. The second-order valence-corrected chi connectivity index (χ2v) is 10.4. The molecule has 2 aromatic carbocycles. The highest BCUT2D eigenvalue weighted by Crippen LogP contribution is 2.20. The van der Waals surface area contributed by atoms with Gasteiger partial charge in [0.1, 0.15) is 6.04 Å². The highest BCUT2D eigenvalue weighted by atomic mass is 32.2. The maximum absolute atomic E-state index is 13.3. The summed E-state index contributed by atoms with van der Waals surface area (Å²) in [4.78, 5) is 27.4. The average Bonchev–Trinajstić information content (AvgIpc) is 2.77. The monoisotopic (exact) mass is 457 g/mol. The number of hydrogen-bond donors (Lipinski definition) is 1. The van der Waals surface area contributed by atoms with E-state index in [-0.39, 0.29) is 49.7 Å². The fraction of sp³-hybridized carbons (Fsp3) is 0.417. The Morgan fingerprint density at radius 1 is 0.906 bits per heavy atom. The molecule has 1 aliphatic heterocycles. The van der Waals surface area contributed by atoms with Crippen LogP contribution >= 0.6 is 0 Å². The van der Waals surface area contributed by atoms with Gasteiger partial charge in [-0.15, -0.1) is 0 Å². The van der Waals surface area contributed by atoms with E-state index in [0.717, 1.165) is 5.56 Å². The first-order valence-corrected chi connectivity index (χ1v) is 12.5. The number of hydrogen-bond acceptors (Lipinski definition) is 4. The number of nitrogens with one attached hydrogen (secondary N) is 1. The lowest BCUT2D eigenvalue weighted by atomic mass is 10.0. The van der Waals surface area contributed by atoms with Crippen LogP contribution in [0.15, 0.2) is 60.7 Å². The van der Waals surface area contributed by atoms with Crippen LogP contribution in [0.5, 0.6) is 0 Å². The molecule has 7 nitrogen and oxygen atoms in total. The summed E-state index contributed by atoms with van der Waals surface area (Å²) < 4.78 is 27.0. The number of carbonyl (C=O) groups is 2. The summed E-state index contributed by atoms with van der Waals surface area (Å²) in [5, 5.41) is 2.87. The summed E-state index contributed by atoms with van der Waals surface area (Å²) in [6.07, 6.45) is 0.335. The largest absolute Gasteiger partial charge is 0.341 e. The average molecular weight is 458 g/mol. The molecule has 8 heteroatoms. The van der Waals surface area contributed by atoms with Crippen molar-refractivity contribution < 1.29 is 18.0 Å². The van der Waals surface area contributed by atoms with Crippen molar-refractivity contribution in [2.75, 3.05) is 26.2 Å². The molecule has 1 saturated heterocycles. The first kappa shape index (κ1) is 23.9. The van der Waals surface area contributed by atoms with E-state index in [1.807, 2.05) is 62.4 Å². The lowest BCUT2D eigenvalue weighted by molar-refractivity contribution is -0.137. The Labute approximate surface area is 190 Å². The summed E-state index contributed by atoms with van der Waals surface area (Å²) in [6.45, 7) is 4.96. The highest BCUT2D eigenvalue weighted by molar-refractivity contribution is 7.88. The third kappa shape index (κ3) is 6.40. The lowest BCUT2D eigenvalue weighted by Crippen LogP contribution is -2.53. The summed E-state index contributed by atoms with van der Waals surface area (Å²) in [5.41, 5.74) is 1.46. The third-order valence-corrected chi connectivity index (χ3v) is 7.26. The molecule has 2 amide bonds. The summed E-state index contributed by atoms with van der Waals surface area (Å²) >= 11 is 0. The lowest BCUT2D eigenvalue weighted by Gasteiger charge is -2.36. The quantitative estimate of drug-likeness (QED) is 0.660. The van der Waals surface area contributed by atoms with Crippen molar-refractivity contribution in [1.29, 1.82) is 0 Å². The smallest absolute Gasteiger partial charge is 0.249 e. The number of nitrogens with zero attached hydrogens (tertiary/aromatic N) is 2.